The van der Waals surface area contributed by atoms with Gasteiger partial charge in [-0.05, 0) is 37.3 Å². The van der Waals surface area contributed by atoms with Crippen molar-refractivity contribution in [2.45, 2.75) is 30.8 Å². The summed E-state index contributed by atoms with van der Waals surface area (Å²) in [5.41, 5.74) is 1.68. The highest BCUT2D eigenvalue weighted by molar-refractivity contribution is 7.89. The van der Waals surface area contributed by atoms with Crippen LogP contribution in [-0.2, 0) is 21.4 Å². The van der Waals surface area contributed by atoms with E-state index in [0.717, 1.165) is 13.1 Å². The molecule has 8 heteroatoms. The van der Waals surface area contributed by atoms with E-state index in [-0.39, 0.29) is 16.8 Å². The summed E-state index contributed by atoms with van der Waals surface area (Å²) in [5.74, 6) is -0.153. The summed E-state index contributed by atoms with van der Waals surface area (Å²) in [6, 6.07) is 10.4. The molecule has 2 aromatic rings. The summed E-state index contributed by atoms with van der Waals surface area (Å²) in [6.45, 7) is 4.60. The first-order valence-electron chi connectivity index (χ1n) is 8.16. The smallest absolute Gasteiger partial charge is 0.238 e. The summed E-state index contributed by atoms with van der Waals surface area (Å²) in [4.78, 5) is 14.5. The lowest BCUT2D eigenvalue weighted by Crippen LogP contribution is -2.38. The number of carbonyl (C=O) groups excluding carboxylic acids is 1. The molecule has 3 rings (SSSR count). The van der Waals surface area contributed by atoms with Crippen LogP contribution >= 0.6 is 0 Å². The number of amides is 1. The number of carbonyl (C=O) groups is 1. The molecule has 2 heterocycles. The first kappa shape index (κ1) is 17.7. The molecule has 0 radical (unpaired) electrons. The second kappa shape index (κ2) is 6.99. The number of rotatable bonds is 5. The van der Waals surface area contributed by atoms with Gasteiger partial charge < -0.3 is 9.88 Å². The molecule has 1 aliphatic heterocycles. The number of nitrogens with two attached hydrogens (primary N) is 1. The molecule has 1 amide bonds. The van der Waals surface area contributed by atoms with E-state index >= 15 is 0 Å². The largest absolute Gasteiger partial charge is 0.349 e. The Morgan fingerprint density at radius 2 is 2.08 bits per heavy atom. The van der Waals surface area contributed by atoms with Gasteiger partial charge in [-0.1, -0.05) is 6.07 Å². The Morgan fingerprint density at radius 3 is 2.84 bits per heavy atom. The molecule has 1 aromatic heterocycles. The Morgan fingerprint density at radius 1 is 1.28 bits per heavy atom. The third-order valence-corrected chi connectivity index (χ3v) is 5.45. The molecule has 134 valence electrons. The highest BCUT2D eigenvalue weighted by atomic mass is 32.2. The van der Waals surface area contributed by atoms with Gasteiger partial charge in [0.2, 0.25) is 15.9 Å². The Labute approximate surface area is 147 Å². The first-order valence-corrected chi connectivity index (χ1v) is 9.71. The number of aromatic nitrogens is 1. The number of hydrogen-bond acceptors (Lipinski definition) is 4. The van der Waals surface area contributed by atoms with Gasteiger partial charge in [-0.25, -0.2) is 13.6 Å². The van der Waals surface area contributed by atoms with Crippen LogP contribution < -0.4 is 10.5 Å². The zero-order valence-electron chi connectivity index (χ0n) is 14.1. The van der Waals surface area contributed by atoms with Crippen molar-refractivity contribution in [1.82, 2.24) is 9.47 Å². The number of hydrogen-bond donors (Lipinski definition) is 2. The SMILES string of the molecule is CC1c2cccn2CCN1CCC(=O)Nc1cccc(S(N)(=O)=O)c1. The minimum Gasteiger partial charge on any atom is -0.349 e. The van der Waals surface area contributed by atoms with E-state index in [1.165, 1.54) is 17.8 Å². The van der Waals surface area contributed by atoms with E-state index in [1.807, 2.05) is 6.07 Å². The number of benzene rings is 1. The molecule has 1 aliphatic rings. The van der Waals surface area contributed by atoms with Crippen molar-refractivity contribution in [3.05, 3.63) is 48.3 Å². The Hall–Kier alpha value is -2.16. The van der Waals surface area contributed by atoms with Crippen molar-refractivity contribution in [3.63, 3.8) is 0 Å². The van der Waals surface area contributed by atoms with Gasteiger partial charge in [-0.15, -0.1) is 0 Å². The number of primary sulfonamides is 1. The molecule has 7 nitrogen and oxygen atoms in total. The predicted octanol–water partition coefficient (Wildman–Crippen LogP) is 1.54. The summed E-state index contributed by atoms with van der Waals surface area (Å²) >= 11 is 0. The highest BCUT2D eigenvalue weighted by Gasteiger charge is 2.23. The highest BCUT2D eigenvalue weighted by Crippen LogP contribution is 2.25. The second-order valence-electron chi connectivity index (χ2n) is 6.21. The van der Waals surface area contributed by atoms with Crippen LogP contribution in [0.15, 0.2) is 47.5 Å². The maximum Gasteiger partial charge on any atom is 0.238 e. The molecule has 25 heavy (non-hydrogen) atoms. The van der Waals surface area contributed by atoms with Gasteiger partial charge in [0.25, 0.3) is 0 Å². The molecule has 3 N–H and O–H groups in total. The minimum absolute atomic E-state index is 0.0179. The van der Waals surface area contributed by atoms with Gasteiger partial charge in [0.15, 0.2) is 0 Å². The standard InChI is InChI=1S/C17H22N4O3S/c1-13-16-6-3-8-21(16)11-10-20(13)9-7-17(22)19-14-4-2-5-15(12-14)25(18,23)24/h2-6,8,12-13H,7,9-11H2,1H3,(H,19,22)(H2,18,23,24). The van der Waals surface area contributed by atoms with Gasteiger partial charge in [0.1, 0.15) is 0 Å². The third kappa shape index (κ3) is 4.09. The van der Waals surface area contributed by atoms with E-state index in [0.29, 0.717) is 18.7 Å². The van der Waals surface area contributed by atoms with Crippen molar-refractivity contribution in [2.75, 3.05) is 18.4 Å². The molecular formula is C17H22N4O3S. The molecule has 1 aromatic carbocycles. The van der Waals surface area contributed by atoms with Crippen molar-refractivity contribution in [1.29, 1.82) is 0 Å². The number of fused-ring (bicyclic) bond motifs is 1. The second-order valence-corrected chi connectivity index (χ2v) is 7.77. The van der Waals surface area contributed by atoms with Crippen LogP contribution in [0.2, 0.25) is 0 Å². The van der Waals surface area contributed by atoms with Crippen molar-refractivity contribution in [2.24, 2.45) is 5.14 Å². The predicted molar refractivity (Wildman–Crippen MR) is 95.5 cm³/mol. The molecular weight excluding hydrogens is 340 g/mol. The maximum atomic E-state index is 12.2. The molecule has 0 saturated heterocycles. The van der Waals surface area contributed by atoms with Crippen LogP contribution in [0.3, 0.4) is 0 Å². The normalized spacial score (nSPS) is 17.9. The average molecular weight is 362 g/mol. The summed E-state index contributed by atoms with van der Waals surface area (Å²) in [7, 11) is -3.78. The van der Waals surface area contributed by atoms with Gasteiger partial charge in [0, 0.05) is 49.7 Å². The Bertz CT molecular complexity index is 876. The van der Waals surface area contributed by atoms with Crippen molar-refractivity contribution in [3.8, 4) is 0 Å². The Balaban J connectivity index is 1.57. The molecule has 0 fully saturated rings. The van der Waals surface area contributed by atoms with E-state index in [4.69, 9.17) is 5.14 Å². The summed E-state index contributed by atoms with van der Waals surface area (Å²) in [6.07, 6.45) is 2.42. The van der Waals surface area contributed by atoms with E-state index in [2.05, 4.69) is 34.0 Å². The van der Waals surface area contributed by atoms with Crippen LogP contribution in [0.25, 0.3) is 0 Å². The summed E-state index contributed by atoms with van der Waals surface area (Å²) in [5, 5.41) is 7.84. The molecule has 0 aliphatic carbocycles. The van der Waals surface area contributed by atoms with Crippen molar-refractivity contribution < 1.29 is 13.2 Å². The number of anilines is 1. The van der Waals surface area contributed by atoms with Crippen LogP contribution in [0.5, 0.6) is 0 Å². The Kier molecular flexibility index (Phi) is 4.94. The van der Waals surface area contributed by atoms with Crippen LogP contribution in [0.1, 0.15) is 25.1 Å². The fourth-order valence-corrected chi connectivity index (χ4v) is 3.71. The fraction of sp³-hybridized carbons (Fsp3) is 0.353. The number of nitrogens with one attached hydrogen (secondary N) is 1. The van der Waals surface area contributed by atoms with Crippen LogP contribution in [0.4, 0.5) is 5.69 Å². The van der Waals surface area contributed by atoms with Crippen LogP contribution in [-0.4, -0.2) is 36.9 Å². The average Bonchev–Trinajstić information content (AvgIpc) is 3.03. The number of nitrogens with zero attached hydrogens (tertiary/aromatic N) is 2. The monoisotopic (exact) mass is 362 g/mol. The van der Waals surface area contributed by atoms with E-state index in [9.17, 15) is 13.2 Å². The van der Waals surface area contributed by atoms with Crippen LogP contribution in [0, 0.1) is 0 Å². The topological polar surface area (TPSA) is 97.4 Å². The lowest BCUT2D eigenvalue weighted by molar-refractivity contribution is -0.116. The zero-order chi connectivity index (χ0) is 18.0. The first-order chi connectivity index (χ1) is 11.8. The minimum atomic E-state index is -3.78. The summed E-state index contributed by atoms with van der Waals surface area (Å²) < 4.78 is 25.0. The van der Waals surface area contributed by atoms with Crippen molar-refractivity contribution >= 4 is 21.6 Å². The molecule has 0 spiro atoms. The lowest BCUT2D eigenvalue weighted by Gasteiger charge is -2.34. The fourth-order valence-electron chi connectivity index (χ4n) is 3.15. The van der Waals surface area contributed by atoms with Gasteiger partial charge in [-0.3, -0.25) is 9.69 Å². The van der Waals surface area contributed by atoms with Gasteiger partial charge >= 0.3 is 0 Å². The molecule has 0 saturated carbocycles. The molecule has 1 unspecified atom stereocenters. The van der Waals surface area contributed by atoms with Gasteiger partial charge in [0.05, 0.1) is 4.90 Å². The zero-order valence-corrected chi connectivity index (χ0v) is 14.9. The lowest BCUT2D eigenvalue weighted by atomic mass is 10.1. The third-order valence-electron chi connectivity index (χ3n) is 4.54. The molecule has 1 atom stereocenters. The maximum absolute atomic E-state index is 12.2. The quantitative estimate of drug-likeness (QED) is 0.843. The van der Waals surface area contributed by atoms with Gasteiger partial charge in [-0.2, -0.15) is 0 Å². The van der Waals surface area contributed by atoms with E-state index < -0.39 is 10.0 Å². The van der Waals surface area contributed by atoms with E-state index in [1.54, 1.807) is 12.1 Å². The number of sulfonamides is 1. The molecule has 0 bridgehead atoms.